The zero-order valence-corrected chi connectivity index (χ0v) is 12.7. The number of carbonyl (C=O) groups excluding carboxylic acids is 1. The Morgan fingerprint density at radius 1 is 1.25 bits per heavy atom. The van der Waals surface area contributed by atoms with Crippen LogP contribution in [0, 0.1) is 0 Å². The van der Waals surface area contributed by atoms with E-state index in [0.29, 0.717) is 29.0 Å². The number of anilines is 1. The Kier molecular flexibility index (Phi) is 3.68. The maximum absolute atomic E-state index is 12.3. The summed E-state index contributed by atoms with van der Waals surface area (Å²) < 4.78 is 7.27. The van der Waals surface area contributed by atoms with Gasteiger partial charge in [-0.2, -0.15) is 0 Å². The van der Waals surface area contributed by atoms with Crippen LogP contribution in [0.25, 0.3) is 11.2 Å². The molecule has 0 aliphatic carbocycles. The highest BCUT2D eigenvalue weighted by atomic mass is 16.5. The molecule has 8 heteroatoms. The van der Waals surface area contributed by atoms with Crippen molar-refractivity contribution < 1.29 is 14.6 Å². The lowest BCUT2D eigenvalue weighted by Crippen LogP contribution is -2.13. The minimum atomic E-state index is -0.494. The number of benzene rings is 1. The first-order valence-corrected chi connectivity index (χ1v) is 7.56. The van der Waals surface area contributed by atoms with E-state index < -0.39 is 6.10 Å². The largest absolute Gasteiger partial charge is 0.391 e. The van der Waals surface area contributed by atoms with E-state index >= 15 is 0 Å². The first-order valence-electron chi connectivity index (χ1n) is 7.56. The van der Waals surface area contributed by atoms with Gasteiger partial charge in [0.05, 0.1) is 19.0 Å². The van der Waals surface area contributed by atoms with E-state index in [-0.39, 0.29) is 18.7 Å². The number of nitrogens with zero attached hydrogens (tertiary/aromatic N) is 4. The fourth-order valence-electron chi connectivity index (χ4n) is 2.71. The number of imidazole rings is 1. The zero-order valence-electron chi connectivity index (χ0n) is 12.7. The van der Waals surface area contributed by atoms with Gasteiger partial charge in [-0.25, -0.2) is 15.0 Å². The average Bonchev–Trinajstić information content (AvgIpc) is 3.22. The molecule has 4 rings (SSSR count). The molecule has 2 N–H and O–H groups in total. The van der Waals surface area contributed by atoms with Crippen LogP contribution < -0.4 is 5.32 Å². The minimum Gasteiger partial charge on any atom is -0.391 e. The van der Waals surface area contributed by atoms with Crippen LogP contribution in [0.3, 0.4) is 0 Å². The first kappa shape index (κ1) is 14.7. The second-order valence-corrected chi connectivity index (χ2v) is 5.54. The summed E-state index contributed by atoms with van der Waals surface area (Å²) in [6.07, 6.45) is 2.61. The van der Waals surface area contributed by atoms with Crippen LogP contribution in [-0.2, 0) is 4.74 Å². The molecule has 3 aromatic rings. The summed E-state index contributed by atoms with van der Waals surface area (Å²) in [5, 5.41) is 12.4. The molecule has 122 valence electrons. The van der Waals surface area contributed by atoms with Crippen molar-refractivity contribution in [2.24, 2.45) is 0 Å². The molecule has 1 aromatic carbocycles. The van der Waals surface area contributed by atoms with Crippen LogP contribution in [-0.4, -0.2) is 43.2 Å². The standard InChI is InChI=1S/C16H15N5O3/c22-11-6-12(24-7-11)21-9-19-13-14(17-8-18-15(13)21)20-16(23)10-4-2-1-3-5-10/h1-5,8-9,11-12,22H,6-7H2,(H,17,18,20,23)/t11-,12-/m1/s1. The van der Waals surface area contributed by atoms with Crippen LogP contribution in [0.1, 0.15) is 23.0 Å². The molecule has 0 spiro atoms. The highest BCUT2D eigenvalue weighted by Gasteiger charge is 2.27. The van der Waals surface area contributed by atoms with Gasteiger partial charge in [0, 0.05) is 12.0 Å². The second-order valence-electron chi connectivity index (χ2n) is 5.54. The van der Waals surface area contributed by atoms with Gasteiger partial charge in [0.1, 0.15) is 12.6 Å². The Balaban J connectivity index is 1.65. The van der Waals surface area contributed by atoms with Crippen LogP contribution in [0.4, 0.5) is 5.82 Å². The van der Waals surface area contributed by atoms with Crippen molar-refractivity contribution in [3.8, 4) is 0 Å². The number of carbonyl (C=O) groups is 1. The van der Waals surface area contributed by atoms with Crippen molar-refractivity contribution in [2.45, 2.75) is 18.8 Å². The predicted octanol–water partition coefficient (Wildman–Crippen LogP) is 1.36. The number of aliphatic hydroxyl groups excluding tert-OH is 1. The maximum atomic E-state index is 12.3. The van der Waals surface area contributed by atoms with Crippen LogP contribution in [0.15, 0.2) is 43.0 Å². The van der Waals surface area contributed by atoms with Crippen molar-refractivity contribution >= 4 is 22.9 Å². The lowest BCUT2D eigenvalue weighted by atomic mass is 10.2. The van der Waals surface area contributed by atoms with Crippen molar-refractivity contribution in [3.05, 3.63) is 48.5 Å². The molecule has 1 fully saturated rings. The summed E-state index contributed by atoms with van der Waals surface area (Å²) in [5.74, 6) is 0.0730. The normalized spacial score (nSPS) is 20.4. The molecule has 1 aliphatic rings. The molecule has 2 aromatic heterocycles. The smallest absolute Gasteiger partial charge is 0.256 e. The van der Waals surface area contributed by atoms with E-state index in [2.05, 4.69) is 20.3 Å². The van der Waals surface area contributed by atoms with Gasteiger partial charge in [-0.1, -0.05) is 18.2 Å². The van der Waals surface area contributed by atoms with E-state index in [4.69, 9.17) is 4.74 Å². The number of aromatic nitrogens is 4. The first-order chi connectivity index (χ1) is 11.7. The van der Waals surface area contributed by atoms with E-state index in [1.165, 1.54) is 6.33 Å². The lowest BCUT2D eigenvalue weighted by molar-refractivity contribution is 0.0502. The van der Waals surface area contributed by atoms with Crippen LogP contribution in [0.5, 0.6) is 0 Å². The molecule has 3 heterocycles. The van der Waals surface area contributed by atoms with Crippen molar-refractivity contribution in [2.75, 3.05) is 11.9 Å². The molecule has 1 saturated heterocycles. The SMILES string of the molecule is O=C(Nc1ncnc2c1ncn2[C@H]1C[C@@H](O)CO1)c1ccccc1. The van der Waals surface area contributed by atoms with Gasteiger partial charge >= 0.3 is 0 Å². The number of aliphatic hydroxyl groups is 1. The van der Waals surface area contributed by atoms with Gasteiger partial charge < -0.3 is 15.2 Å². The fourth-order valence-corrected chi connectivity index (χ4v) is 2.71. The molecule has 1 aliphatic heterocycles. The topological polar surface area (TPSA) is 102 Å². The summed E-state index contributed by atoms with van der Waals surface area (Å²) in [7, 11) is 0. The third-order valence-electron chi connectivity index (χ3n) is 3.89. The lowest BCUT2D eigenvalue weighted by Gasteiger charge is -2.11. The van der Waals surface area contributed by atoms with Crippen molar-refractivity contribution in [3.63, 3.8) is 0 Å². The van der Waals surface area contributed by atoms with Crippen molar-refractivity contribution in [1.29, 1.82) is 0 Å². The maximum Gasteiger partial charge on any atom is 0.256 e. The zero-order chi connectivity index (χ0) is 16.5. The molecule has 0 saturated carbocycles. The van der Waals surface area contributed by atoms with Gasteiger partial charge in [0.2, 0.25) is 0 Å². The summed E-state index contributed by atoms with van der Waals surface area (Å²) in [6, 6.07) is 8.88. The minimum absolute atomic E-state index is 0.266. The highest BCUT2D eigenvalue weighted by Crippen LogP contribution is 2.28. The third-order valence-corrected chi connectivity index (χ3v) is 3.89. The predicted molar refractivity (Wildman–Crippen MR) is 85.3 cm³/mol. The highest BCUT2D eigenvalue weighted by molar-refractivity contribution is 6.06. The Hall–Kier alpha value is -2.84. The molecule has 2 atom stereocenters. The molecule has 24 heavy (non-hydrogen) atoms. The number of nitrogens with one attached hydrogen (secondary N) is 1. The van der Waals surface area contributed by atoms with Gasteiger partial charge in [0.25, 0.3) is 5.91 Å². The molecular formula is C16H15N5O3. The third kappa shape index (κ3) is 2.61. The summed E-state index contributed by atoms with van der Waals surface area (Å²) in [4.78, 5) is 24.9. The number of amides is 1. The summed E-state index contributed by atoms with van der Waals surface area (Å²) in [6.45, 7) is 0.285. The molecular weight excluding hydrogens is 310 g/mol. The molecule has 1 amide bonds. The Labute approximate surface area is 137 Å². The molecule has 0 radical (unpaired) electrons. The van der Waals surface area contributed by atoms with Crippen LogP contribution >= 0.6 is 0 Å². The monoisotopic (exact) mass is 325 g/mol. The number of hydrogen-bond acceptors (Lipinski definition) is 6. The quantitative estimate of drug-likeness (QED) is 0.754. The second kappa shape index (κ2) is 5.99. The summed E-state index contributed by atoms with van der Waals surface area (Å²) >= 11 is 0. The molecule has 0 bridgehead atoms. The number of hydrogen-bond donors (Lipinski definition) is 2. The number of ether oxygens (including phenoxy) is 1. The van der Waals surface area contributed by atoms with Gasteiger partial charge in [0.15, 0.2) is 17.0 Å². The Morgan fingerprint density at radius 2 is 2.08 bits per heavy atom. The Bertz CT molecular complexity index is 880. The van der Waals surface area contributed by atoms with E-state index in [9.17, 15) is 9.90 Å². The van der Waals surface area contributed by atoms with Crippen LogP contribution in [0.2, 0.25) is 0 Å². The fraction of sp³-hybridized carbons (Fsp3) is 0.250. The molecule has 0 unspecified atom stereocenters. The van der Waals surface area contributed by atoms with E-state index in [1.807, 2.05) is 6.07 Å². The summed E-state index contributed by atoms with van der Waals surface area (Å²) in [5.41, 5.74) is 1.56. The van der Waals surface area contributed by atoms with Gasteiger partial charge in [-0.05, 0) is 12.1 Å². The van der Waals surface area contributed by atoms with E-state index in [1.54, 1.807) is 35.2 Å². The van der Waals surface area contributed by atoms with Crippen molar-refractivity contribution in [1.82, 2.24) is 19.5 Å². The number of rotatable bonds is 3. The van der Waals surface area contributed by atoms with Gasteiger partial charge in [-0.3, -0.25) is 9.36 Å². The molecule has 8 nitrogen and oxygen atoms in total. The van der Waals surface area contributed by atoms with Gasteiger partial charge in [-0.15, -0.1) is 0 Å². The average molecular weight is 325 g/mol. The van der Waals surface area contributed by atoms with E-state index in [0.717, 1.165) is 0 Å². The Morgan fingerprint density at radius 3 is 2.83 bits per heavy atom. The number of fused-ring (bicyclic) bond motifs is 1.